The highest BCUT2D eigenvalue weighted by Gasteiger charge is 2.22. The molecule has 2 N–H and O–H groups in total. The molecule has 0 saturated carbocycles. The third kappa shape index (κ3) is 4.09. The molecule has 0 saturated heterocycles. The number of carbonyl (C=O) groups excluding carboxylic acids is 1. The Balaban J connectivity index is 2.12. The first-order valence-corrected chi connectivity index (χ1v) is 6.90. The molecule has 0 bridgehead atoms. The Morgan fingerprint density at radius 3 is 2.57 bits per heavy atom. The van der Waals surface area contributed by atoms with Gasteiger partial charge in [0, 0.05) is 30.6 Å². The minimum absolute atomic E-state index is 0.139. The third-order valence-electron chi connectivity index (χ3n) is 2.81. The number of rotatable bonds is 5. The van der Waals surface area contributed by atoms with E-state index in [0.717, 1.165) is 0 Å². The normalized spacial score (nSPS) is 11.7. The number of carbonyl (C=O) groups is 2. The van der Waals surface area contributed by atoms with E-state index in [9.17, 15) is 14.7 Å². The number of nitrogens with zero attached hydrogens (tertiary/aromatic N) is 2. The molecule has 21 heavy (non-hydrogen) atoms. The molecular formula is C14H12BrN3O3. The van der Waals surface area contributed by atoms with Crippen molar-refractivity contribution in [2.24, 2.45) is 0 Å². The maximum Gasteiger partial charge on any atom is 0.326 e. The van der Waals surface area contributed by atoms with Gasteiger partial charge in [0.25, 0.3) is 5.91 Å². The Morgan fingerprint density at radius 1 is 1.24 bits per heavy atom. The summed E-state index contributed by atoms with van der Waals surface area (Å²) < 4.78 is 0.564. The summed E-state index contributed by atoms with van der Waals surface area (Å²) in [4.78, 5) is 31.2. The number of pyridine rings is 2. The van der Waals surface area contributed by atoms with Crippen LogP contribution in [0.4, 0.5) is 0 Å². The van der Waals surface area contributed by atoms with E-state index >= 15 is 0 Å². The van der Waals surface area contributed by atoms with Crippen LogP contribution in [0.3, 0.4) is 0 Å². The molecular weight excluding hydrogens is 338 g/mol. The number of halogens is 1. The smallest absolute Gasteiger partial charge is 0.326 e. The van der Waals surface area contributed by atoms with Crippen molar-refractivity contribution in [3.05, 3.63) is 58.6 Å². The molecule has 0 aliphatic carbocycles. The van der Waals surface area contributed by atoms with E-state index in [4.69, 9.17) is 0 Å². The first-order chi connectivity index (χ1) is 10.1. The Morgan fingerprint density at radius 2 is 1.95 bits per heavy atom. The van der Waals surface area contributed by atoms with Crippen LogP contribution in [-0.2, 0) is 11.2 Å². The van der Waals surface area contributed by atoms with Gasteiger partial charge in [-0.05, 0) is 39.7 Å². The van der Waals surface area contributed by atoms with Crippen LogP contribution < -0.4 is 5.32 Å². The van der Waals surface area contributed by atoms with Gasteiger partial charge >= 0.3 is 5.97 Å². The van der Waals surface area contributed by atoms with Gasteiger partial charge in [0.05, 0.1) is 0 Å². The van der Waals surface area contributed by atoms with Crippen molar-refractivity contribution in [1.29, 1.82) is 0 Å². The quantitative estimate of drug-likeness (QED) is 0.801. The Bertz CT molecular complexity index is 649. The summed E-state index contributed by atoms with van der Waals surface area (Å²) in [7, 11) is 0. The fourth-order valence-corrected chi connectivity index (χ4v) is 2.15. The van der Waals surface area contributed by atoms with Crippen LogP contribution in [0.1, 0.15) is 15.9 Å². The molecule has 0 aromatic carbocycles. The number of carboxylic acids is 1. The zero-order valence-electron chi connectivity index (χ0n) is 10.9. The summed E-state index contributed by atoms with van der Waals surface area (Å²) in [5, 5.41) is 11.8. The molecule has 1 atom stereocenters. The van der Waals surface area contributed by atoms with Crippen molar-refractivity contribution >= 4 is 27.8 Å². The molecule has 2 heterocycles. The number of aromatic nitrogens is 2. The van der Waals surface area contributed by atoms with Crippen LogP contribution in [-0.4, -0.2) is 33.0 Å². The maximum absolute atomic E-state index is 12.0. The number of hydrogen-bond donors (Lipinski definition) is 2. The number of carboxylic acid groups (broad SMARTS) is 1. The first kappa shape index (κ1) is 15.1. The molecule has 2 aromatic heterocycles. The fraction of sp³-hybridized carbons (Fsp3) is 0.143. The van der Waals surface area contributed by atoms with E-state index in [1.165, 1.54) is 24.5 Å². The van der Waals surface area contributed by atoms with Crippen molar-refractivity contribution < 1.29 is 14.7 Å². The molecule has 2 aromatic rings. The highest BCUT2D eigenvalue weighted by molar-refractivity contribution is 9.10. The van der Waals surface area contributed by atoms with Gasteiger partial charge in [-0.1, -0.05) is 6.07 Å². The predicted molar refractivity (Wildman–Crippen MR) is 78.8 cm³/mol. The second kappa shape index (κ2) is 6.94. The Kier molecular flexibility index (Phi) is 4.99. The number of nitrogens with one attached hydrogen (secondary N) is 1. The molecule has 1 amide bonds. The van der Waals surface area contributed by atoms with E-state index < -0.39 is 17.9 Å². The van der Waals surface area contributed by atoms with Crippen LogP contribution in [0.5, 0.6) is 0 Å². The van der Waals surface area contributed by atoms with Gasteiger partial charge in [0.2, 0.25) is 0 Å². The monoisotopic (exact) mass is 349 g/mol. The average molecular weight is 350 g/mol. The predicted octanol–water partition coefficient (Wildman–Crippen LogP) is 1.66. The first-order valence-electron chi connectivity index (χ1n) is 6.11. The lowest BCUT2D eigenvalue weighted by molar-refractivity contribution is -0.139. The minimum atomic E-state index is -1.10. The van der Waals surface area contributed by atoms with Crippen LogP contribution in [0.2, 0.25) is 0 Å². The standard InChI is InChI=1S/C14H12BrN3O3/c15-12-10(2-1-5-17-12)8-11(14(20)21)18-13(19)9-3-6-16-7-4-9/h1-7,11H,8H2,(H,18,19)(H,20,21)/t11-/m1/s1. The van der Waals surface area contributed by atoms with Gasteiger partial charge < -0.3 is 10.4 Å². The van der Waals surface area contributed by atoms with Gasteiger partial charge in [0.1, 0.15) is 10.6 Å². The number of amides is 1. The van der Waals surface area contributed by atoms with Gasteiger partial charge in [-0.15, -0.1) is 0 Å². The van der Waals surface area contributed by atoms with Crippen molar-refractivity contribution in [2.75, 3.05) is 0 Å². The fourth-order valence-electron chi connectivity index (χ4n) is 1.74. The molecule has 0 radical (unpaired) electrons. The van der Waals surface area contributed by atoms with Crippen molar-refractivity contribution in [3.8, 4) is 0 Å². The lowest BCUT2D eigenvalue weighted by atomic mass is 10.1. The summed E-state index contributed by atoms with van der Waals surface area (Å²) in [6, 6.07) is 5.48. The van der Waals surface area contributed by atoms with Crippen LogP contribution in [0.15, 0.2) is 47.5 Å². The molecule has 2 rings (SSSR count). The number of aliphatic carboxylic acids is 1. The molecule has 0 aliphatic rings. The minimum Gasteiger partial charge on any atom is -0.480 e. The molecule has 0 aliphatic heterocycles. The third-order valence-corrected chi connectivity index (χ3v) is 3.52. The molecule has 7 heteroatoms. The van der Waals surface area contributed by atoms with Crippen molar-refractivity contribution in [1.82, 2.24) is 15.3 Å². The Labute approximate surface area is 129 Å². The van der Waals surface area contributed by atoms with Crippen molar-refractivity contribution in [2.45, 2.75) is 12.5 Å². The number of hydrogen-bond acceptors (Lipinski definition) is 4. The highest BCUT2D eigenvalue weighted by atomic mass is 79.9. The summed E-state index contributed by atoms with van der Waals surface area (Å²) in [6.45, 7) is 0. The lowest BCUT2D eigenvalue weighted by Crippen LogP contribution is -2.42. The summed E-state index contributed by atoms with van der Waals surface area (Å²) in [6.07, 6.45) is 4.68. The topological polar surface area (TPSA) is 92.2 Å². The zero-order valence-corrected chi connectivity index (χ0v) is 12.4. The lowest BCUT2D eigenvalue weighted by Gasteiger charge is -2.15. The van der Waals surface area contributed by atoms with Crippen LogP contribution in [0, 0.1) is 0 Å². The van der Waals surface area contributed by atoms with Gasteiger partial charge in [-0.2, -0.15) is 0 Å². The average Bonchev–Trinajstić information content (AvgIpc) is 2.49. The highest BCUT2D eigenvalue weighted by Crippen LogP contribution is 2.15. The summed E-state index contributed by atoms with van der Waals surface area (Å²) >= 11 is 3.26. The van der Waals surface area contributed by atoms with E-state index in [0.29, 0.717) is 15.7 Å². The second-order valence-electron chi connectivity index (χ2n) is 4.26. The van der Waals surface area contributed by atoms with E-state index in [2.05, 4.69) is 31.2 Å². The van der Waals surface area contributed by atoms with Gasteiger partial charge in [-0.25, -0.2) is 9.78 Å². The van der Waals surface area contributed by atoms with E-state index in [-0.39, 0.29) is 6.42 Å². The SMILES string of the molecule is O=C(N[C@H](Cc1cccnc1Br)C(=O)O)c1ccncc1. The zero-order chi connectivity index (χ0) is 15.2. The summed E-state index contributed by atoms with van der Waals surface area (Å²) in [5.41, 5.74) is 1.07. The Hall–Kier alpha value is -2.28. The van der Waals surface area contributed by atoms with E-state index in [1.54, 1.807) is 18.3 Å². The molecule has 108 valence electrons. The van der Waals surface area contributed by atoms with Crippen LogP contribution >= 0.6 is 15.9 Å². The van der Waals surface area contributed by atoms with E-state index in [1.807, 2.05) is 0 Å². The molecule has 0 spiro atoms. The summed E-state index contributed by atoms with van der Waals surface area (Å²) in [5.74, 6) is -1.56. The van der Waals surface area contributed by atoms with Gasteiger partial charge in [-0.3, -0.25) is 9.78 Å². The molecule has 0 unspecified atom stereocenters. The molecule has 6 nitrogen and oxygen atoms in total. The largest absolute Gasteiger partial charge is 0.480 e. The van der Waals surface area contributed by atoms with Crippen molar-refractivity contribution in [3.63, 3.8) is 0 Å². The van der Waals surface area contributed by atoms with Crippen LogP contribution in [0.25, 0.3) is 0 Å². The second-order valence-corrected chi connectivity index (χ2v) is 5.01. The van der Waals surface area contributed by atoms with Gasteiger partial charge in [0.15, 0.2) is 0 Å². The maximum atomic E-state index is 12.0. The molecule has 0 fully saturated rings.